The molecular weight excluding hydrogens is 242 g/mol. The van der Waals surface area contributed by atoms with E-state index in [0.717, 1.165) is 44.7 Å². The number of carboxylic acid groups (broad SMARTS) is 1. The maximum absolute atomic E-state index is 10.9. The second kappa shape index (κ2) is 5.21. The van der Waals surface area contributed by atoms with Gasteiger partial charge in [0.2, 0.25) is 0 Å². The smallest absolute Gasteiger partial charge is 0.307 e. The molecule has 2 heterocycles. The number of fused-ring (bicyclic) bond motifs is 1. The first-order chi connectivity index (χ1) is 9.22. The number of benzene rings is 1. The molecule has 19 heavy (non-hydrogen) atoms. The molecule has 1 aromatic carbocycles. The lowest BCUT2D eigenvalue weighted by Crippen LogP contribution is -2.25. The summed E-state index contributed by atoms with van der Waals surface area (Å²) in [6.07, 6.45) is 2.78. The van der Waals surface area contributed by atoms with E-state index in [9.17, 15) is 4.79 Å². The van der Waals surface area contributed by atoms with Gasteiger partial charge in [-0.25, -0.2) is 0 Å². The zero-order chi connectivity index (χ0) is 13.2. The minimum atomic E-state index is -0.655. The number of ether oxygens (including phenoxy) is 1. The number of rotatable bonds is 4. The van der Waals surface area contributed by atoms with Gasteiger partial charge in [0.1, 0.15) is 5.75 Å². The Morgan fingerprint density at radius 3 is 3.16 bits per heavy atom. The van der Waals surface area contributed by atoms with Crippen LogP contribution >= 0.6 is 0 Å². The van der Waals surface area contributed by atoms with Gasteiger partial charge >= 0.3 is 5.97 Å². The molecule has 0 unspecified atom stereocenters. The van der Waals surface area contributed by atoms with Crippen LogP contribution in [0.25, 0.3) is 0 Å². The first kappa shape index (κ1) is 12.5. The summed E-state index contributed by atoms with van der Waals surface area (Å²) in [6, 6.07) is 6.41. The number of hydrogen-bond donors (Lipinski definition) is 1. The van der Waals surface area contributed by atoms with Crippen LogP contribution in [-0.4, -0.2) is 42.2 Å². The van der Waals surface area contributed by atoms with Gasteiger partial charge in [-0.15, -0.1) is 0 Å². The van der Waals surface area contributed by atoms with Crippen molar-refractivity contribution in [2.45, 2.75) is 19.3 Å². The molecule has 1 atom stereocenters. The quantitative estimate of drug-likeness (QED) is 0.894. The first-order valence-corrected chi connectivity index (χ1v) is 6.92. The van der Waals surface area contributed by atoms with Crippen LogP contribution in [-0.2, 0) is 17.6 Å². The number of likely N-dealkylation sites (tertiary alicyclic amines) is 1. The van der Waals surface area contributed by atoms with Crippen LogP contribution in [0.15, 0.2) is 18.2 Å². The zero-order valence-electron chi connectivity index (χ0n) is 11.0. The SMILES string of the molecule is O=C(O)[C@H]1CCN(CCc2ccc3c(c2)CCO3)C1. The van der Waals surface area contributed by atoms with E-state index in [1.165, 1.54) is 11.1 Å². The summed E-state index contributed by atoms with van der Waals surface area (Å²) in [5.41, 5.74) is 2.63. The largest absolute Gasteiger partial charge is 0.493 e. The molecule has 2 aliphatic heterocycles. The summed E-state index contributed by atoms with van der Waals surface area (Å²) < 4.78 is 5.50. The third-order valence-corrected chi connectivity index (χ3v) is 4.09. The molecule has 102 valence electrons. The number of carbonyl (C=O) groups is 1. The summed E-state index contributed by atoms with van der Waals surface area (Å²) in [4.78, 5) is 13.2. The number of nitrogens with zero attached hydrogens (tertiary/aromatic N) is 1. The predicted octanol–water partition coefficient (Wildman–Crippen LogP) is 1.57. The molecule has 3 rings (SSSR count). The van der Waals surface area contributed by atoms with E-state index in [4.69, 9.17) is 9.84 Å². The Hall–Kier alpha value is -1.55. The molecule has 4 heteroatoms. The molecule has 1 saturated heterocycles. The lowest BCUT2D eigenvalue weighted by molar-refractivity contribution is -0.141. The molecule has 1 aromatic rings. The minimum absolute atomic E-state index is 0.173. The summed E-state index contributed by atoms with van der Waals surface area (Å²) in [5.74, 6) is 0.196. The molecule has 0 saturated carbocycles. The van der Waals surface area contributed by atoms with E-state index in [1.54, 1.807) is 0 Å². The Morgan fingerprint density at radius 2 is 2.37 bits per heavy atom. The minimum Gasteiger partial charge on any atom is -0.493 e. The van der Waals surface area contributed by atoms with Gasteiger partial charge in [-0.1, -0.05) is 12.1 Å². The average molecular weight is 261 g/mol. The van der Waals surface area contributed by atoms with E-state index in [1.807, 2.05) is 0 Å². The van der Waals surface area contributed by atoms with Gasteiger partial charge in [0.25, 0.3) is 0 Å². The van der Waals surface area contributed by atoms with Crippen molar-refractivity contribution in [3.63, 3.8) is 0 Å². The molecule has 1 fully saturated rings. The van der Waals surface area contributed by atoms with Crippen molar-refractivity contribution in [3.05, 3.63) is 29.3 Å². The highest BCUT2D eigenvalue weighted by atomic mass is 16.5. The highest BCUT2D eigenvalue weighted by Crippen LogP contribution is 2.26. The van der Waals surface area contributed by atoms with Crippen LogP contribution < -0.4 is 4.74 Å². The Bertz CT molecular complexity index is 486. The number of hydrogen-bond acceptors (Lipinski definition) is 3. The topological polar surface area (TPSA) is 49.8 Å². The van der Waals surface area contributed by atoms with Crippen LogP contribution in [0.4, 0.5) is 0 Å². The van der Waals surface area contributed by atoms with Crippen molar-refractivity contribution in [2.24, 2.45) is 5.92 Å². The Balaban J connectivity index is 1.54. The van der Waals surface area contributed by atoms with Crippen molar-refractivity contribution in [1.82, 2.24) is 4.90 Å². The van der Waals surface area contributed by atoms with Crippen molar-refractivity contribution < 1.29 is 14.6 Å². The Morgan fingerprint density at radius 1 is 1.47 bits per heavy atom. The molecule has 0 aliphatic carbocycles. The maximum atomic E-state index is 10.9. The third-order valence-electron chi connectivity index (χ3n) is 4.09. The fourth-order valence-electron chi connectivity index (χ4n) is 2.92. The summed E-state index contributed by atoms with van der Waals surface area (Å²) in [5, 5.41) is 8.98. The first-order valence-electron chi connectivity index (χ1n) is 6.92. The van der Waals surface area contributed by atoms with Gasteiger partial charge in [0.05, 0.1) is 12.5 Å². The van der Waals surface area contributed by atoms with E-state index in [-0.39, 0.29) is 5.92 Å². The van der Waals surface area contributed by atoms with Crippen molar-refractivity contribution in [2.75, 3.05) is 26.2 Å². The second-order valence-corrected chi connectivity index (χ2v) is 5.41. The summed E-state index contributed by atoms with van der Waals surface area (Å²) in [6.45, 7) is 3.35. The van der Waals surface area contributed by atoms with Crippen LogP contribution in [0.5, 0.6) is 5.75 Å². The van der Waals surface area contributed by atoms with Crippen molar-refractivity contribution >= 4 is 5.97 Å². The van der Waals surface area contributed by atoms with Gasteiger partial charge < -0.3 is 14.7 Å². The van der Waals surface area contributed by atoms with Crippen LogP contribution in [0, 0.1) is 5.92 Å². The summed E-state index contributed by atoms with van der Waals surface area (Å²) in [7, 11) is 0. The molecule has 0 bridgehead atoms. The standard InChI is InChI=1S/C15H19NO3/c17-15(18)13-4-7-16(10-13)6-3-11-1-2-14-12(9-11)5-8-19-14/h1-2,9,13H,3-8,10H2,(H,17,18)/t13-/m0/s1. The molecule has 0 spiro atoms. The fraction of sp³-hybridized carbons (Fsp3) is 0.533. The van der Waals surface area contributed by atoms with Crippen LogP contribution in [0.2, 0.25) is 0 Å². The highest BCUT2D eigenvalue weighted by molar-refractivity contribution is 5.70. The van der Waals surface area contributed by atoms with Crippen molar-refractivity contribution in [1.29, 1.82) is 0 Å². The van der Waals surface area contributed by atoms with E-state index >= 15 is 0 Å². The molecule has 0 amide bonds. The molecule has 2 aliphatic rings. The molecule has 4 nitrogen and oxygen atoms in total. The number of carboxylic acids is 1. The molecule has 0 radical (unpaired) electrons. The lowest BCUT2D eigenvalue weighted by atomic mass is 10.1. The predicted molar refractivity (Wildman–Crippen MR) is 71.5 cm³/mol. The van der Waals surface area contributed by atoms with Gasteiger partial charge in [-0.3, -0.25) is 4.79 Å². The normalized spacial score (nSPS) is 22.2. The molecule has 1 N–H and O–H groups in total. The van der Waals surface area contributed by atoms with E-state index < -0.39 is 5.97 Å². The van der Waals surface area contributed by atoms with Gasteiger partial charge in [-0.2, -0.15) is 0 Å². The van der Waals surface area contributed by atoms with Crippen LogP contribution in [0.1, 0.15) is 17.5 Å². The lowest BCUT2D eigenvalue weighted by Gasteiger charge is -2.15. The Kier molecular flexibility index (Phi) is 3.42. The van der Waals surface area contributed by atoms with E-state index in [0.29, 0.717) is 6.54 Å². The molecular formula is C15H19NO3. The monoisotopic (exact) mass is 261 g/mol. The average Bonchev–Trinajstić information content (AvgIpc) is 3.04. The third kappa shape index (κ3) is 2.73. The zero-order valence-corrected chi connectivity index (χ0v) is 11.0. The summed E-state index contributed by atoms with van der Waals surface area (Å²) >= 11 is 0. The van der Waals surface area contributed by atoms with Crippen molar-refractivity contribution in [3.8, 4) is 5.75 Å². The Labute approximate surface area is 113 Å². The van der Waals surface area contributed by atoms with Gasteiger partial charge in [-0.05, 0) is 36.6 Å². The van der Waals surface area contributed by atoms with Gasteiger partial charge in [0, 0.05) is 19.5 Å². The highest BCUT2D eigenvalue weighted by Gasteiger charge is 2.27. The molecule has 0 aromatic heterocycles. The van der Waals surface area contributed by atoms with E-state index in [2.05, 4.69) is 23.1 Å². The van der Waals surface area contributed by atoms with Gasteiger partial charge in [0.15, 0.2) is 0 Å². The second-order valence-electron chi connectivity index (χ2n) is 5.41. The van der Waals surface area contributed by atoms with Crippen LogP contribution in [0.3, 0.4) is 0 Å². The fourth-order valence-corrected chi connectivity index (χ4v) is 2.92. The number of aliphatic carboxylic acids is 1. The maximum Gasteiger partial charge on any atom is 0.307 e.